The first kappa shape index (κ1) is 40.3. The molecule has 2 saturated carbocycles. The van der Waals surface area contributed by atoms with E-state index in [0.29, 0.717) is 43.4 Å². The number of anilines is 1. The van der Waals surface area contributed by atoms with Gasteiger partial charge in [0.25, 0.3) is 5.91 Å². The molecule has 17 heteroatoms. The van der Waals surface area contributed by atoms with Gasteiger partial charge in [-0.25, -0.2) is 13.4 Å². The fraction of sp³-hybridized carbons (Fsp3) is 0.600. The van der Waals surface area contributed by atoms with Crippen LogP contribution in [0.1, 0.15) is 65.7 Å². The quantitative estimate of drug-likeness (QED) is 0.285. The Morgan fingerprint density at radius 1 is 1.09 bits per heavy atom. The van der Waals surface area contributed by atoms with Gasteiger partial charge in [0.05, 0.1) is 23.5 Å². The van der Waals surface area contributed by atoms with E-state index in [1.54, 1.807) is 13.1 Å². The summed E-state index contributed by atoms with van der Waals surface area (Å²) in [7, 11) is 0.848. The van der Waals surface area contributed by atoms with Crippen molar-refractivity contribution in [2.75, 3.05) is 45.7 Å². The lowest BCUT2D eigenvalue weighted by Crippen LogP contribution is -2.60. The van der Waals surface area contributed by atoms with Crippen LogP contribution in [0.25, 0.3) is 10.8 Å². The molecule has 2 aromatic rings. The Balaban J connectivity index is 1.23. The summed E-state index contributed by atoms with van der Waals surface area (Å²) in [6, 6.07) is 3.30. The Labute approximate surface area is 333 Å². The maximum atomic E-state index is 14.8. The highest BCUT2D eigenvalue weighted by atomic mass is 32.2. The van der Waals surface area contributed by atoms with Crippen LogP contribution in [-0.2, 0) is 34.0 Å². The Bertz CT molecular complexity index is 2120. The summed E-state index contributed by atoms with van der Waals surface area (Å²) < 4.78 is 40.2. The Kier molecular flexibility index (Phi) is 10.7. The van der Waals surface area contributed by atoms with Gasteiger partial charge in [-0.15, -0.1) is 0 Å². The summed E-state index contributed by atoms with van der Waals surface area (Å²) in [4.78, 5) is 78.4. The van der Waals surface area contributed by atoms with E-state index in [1.807, 2.05) is 51.2 Å². The van der Waals surface area contributed by atoms with Crippen LogP contribution >= 0.6 is 0 Å². The zero-order chi connectivity index (χ0) is 41.0. The van der Waals surface area contributed by atoms with Gasteiger partial charge in [-0.2, -0.15) is 0 Å². The third kappa shape index (κ3) is 7.74. The lowest BCUT2D eigenvalue weighted by atomic mass is 9.87. The van der Waals surface area contributed by atoms with Gasteiger partial charge in [0, 0.05) is 50.5 Å². The smallest absolute Gasteiger partial charge is 0.311 e. The minimum absolute atomic E-state index is 0.00350. The number of benzene rings is 1. The van der Waals surface area contributed by atoms with Crippen molar-refractivity contribution in [3.05, 3.63) is 36.5 Å². The molecular formula is C40H53N7O9S. The summed E-state index contributed by atoms with van der Waals surface area (Å²) in [6.45, 7) is 6.62. The van der Waals surface area contributed by atoms with Crippen LogP contribution < -0.4 is 29.7 Å². The molecule has 4 heterocycles. The number of fused-ring (bicyclic) bond motifs is 5. The number of likely N-dealkylation sites (N-methyl/N-ethyl adjacent to an activating group) is 2. The highest BCUT2D eigenvalue weighted by molar-refractivity contribution is 7.91. The molecule has 7 rings (SSSR count). The molecule has 3 N–H and O–H groups in total. The molecular weight excluding hydrogens is 755 g/mol. The minimum atomic E-state index is -4.02. The van der Waals surface area contributed by atoms with Crippen molar-refractivity contribution < 1.29 is 41.9 Å². The summed E-state index contributed by atoms with van der Waals surface area (Å²) in [5, 5.41) is 7.03. The maximum absolute atomic E-state index is 14.8. The Morgan fingerprint density at radius 3 is 2.56 bits per heavy atom. The average Bonchev–Trinajstić information content (AvgIpc) is 4.05. The van der Waals surface area contributed by atoms with Crippen molar-refractivity contribution in [1.29, 1.82) is 0 Å². The first-order chi connectivity index (χ1) is 26.9. The minimum Gasteiger partial charge on any atom is -0.489 e. The monoisotopic (exact) mass is 807 g/mol. The lowest BCUT2D eigenvalue weighted by Gasteiger charge is -2.33. The predicted molar refractivity (Wildman–Crippen MR) is 211 cm³/mol. The third-order valence-electron chi connectivity index (χ3n) is 12.3. The topological polar surface area (TPSA) is 197 Å². The summed E-state index contributed by atoms with van der Waals surface area (Å²) in [5.41, 5.74) is -0.636. The molecule has 0 unspecified atom stereocenters. The molecule has 16 nitrogen and oxygen atoms in total. The van der Waals surface area contributed by atoms with E-state index in [2.05, 4.69) is 25.2 Å². The largest absolute Gasteiger partial charge is 0.489 e. The van der Waals surface area contributed by atoms with Gasteiger partial charge < -0.3 is 34.8 Å². The highest BCUT2D eigenvalue weighted by Crippen LogP contribution is 2.48. The van der Waals surface area contributed by atoms with Gasteiger partial charge in [0.2, 0.25) is 27.7 Å². The summed E-state index contributed by atoms with van der Waals surface area (Å²) >= 11 is 0. The van der Waals surface area contributed by atoms with E-state index < -0.39 is 79.9 Å². The molecule has 3 fully saturated rings. The summed E-state index contributed by atoms with van der Waals surface area (Å²) in [5.74, 6) is -3.70. The van der Waals surface area contributed by atoms with E-state index in [1.165, 1.54) is 19.0 Å². The van der Waals surface area contributed by atoms with E-state index >= 15 is 0 Å². The van der Waals surface area contributed by atoms with Crippen molar-refractivity contribution in [2.24, 2.45) is 17.8 Å². The number of carbonyl (C=O) groups excluding carboxylic acids is 5. The van der Waals surface area contributed by atoms with Gasteiger partial charge in [0.1, 0.15) is 30.3 Å². The van der Waals surface area contributed by atoms with Crippen LogP contribution in [0.15, 0.2) is 36.5 Å². The number of carbonyl (C=O) groups is 5. The van der Waals surface area contributed by atoms with Crippen LogP contribution in [-0.4, -0.2) is 122 Å². The summed E-state index contributed by atoms with van der Waals surface area (Å²) in [6.07, 6.45) is 7.54. The standard InChI is InChI=1S/C40H53N7O9S/c1-23-9-7-8-10-25-21-40(25,38(52)44-57(53,54)39(3)14-15-39)43-33(48)30-20-26(22-47(30)36(50)31(24(2)19-23)42-34(49)37(51)45(4)5)56-35-28-11-12-29-32(27(28)13-16-41-35)55-18-17-46(29)6/h8,10-13,16,23-26,30-31H,7,9,14-15,17-22H2,1-6H3,(H,42,49)(H,43,48)(H,44,52)/b10-8-/t23-,24-,25-,26-,30+,31+,40-/m1/s1. The molecule has 0 spiro atoms. The van der Waals surface area contributed by atoms with Crippen LogP contribution in [0.2, 0.25) is 0 Å². The molecule has 1 saturated heterocycles. The van der Waals surface area contributed by atoms with Gasteiger partial charge in [0.15, 0.2) is 5.75 Å². The molecule has 3 aliphatic heterocycles. The number of pyridine rings is 1. The van der Waals surface area contributed by atoms with Crippen molar-refractivity contribution in [3.8, 4) is 11.6 Å². The first-order valence-corrected chi connectivity index (χ1v) is 21.2. The molecule has 5 aliphatic rings. The van der Waals surface area contributed by atoms with Crippen LogP contribution in [0.4, 0.5) is 5.69 Å². The first-order valence-electron chi connectivity index (χ1n) is 19.7. The fourth-order valence-electron chi connectivity index (χ4n) is 8.30. The average molecular weight is 808 g/mol. The van der Waals surface area contributed by atoms with E-state index in [0.717, 1.165) is 28.9 Å². The van der Waals surface area contributed by atoms with Crippen molar-refractivity contribution >= 4 is 56.0 Å². The SMILES string of the molecule is C[C@@H]1CC/C=C\[C@@H]2C[C@@]2(C(=O)NS(=O)(=O)C2(C)CC2)NC(=O)[C@@H]2C[C@@H](Oc3nccc4c5c(ccc34)N(C)CCO5)CN2C(=O)[C@@H](NC(=O)C(=O)N(C)C)[C@H](C)C1. The number of hydrogen-bond acceptors (Lipinski definition) is 11. The van der Waals surface area contributed by atoms with Gasteiger partial charge >= 0.3 is 11.8 Å². The van der Waals surface area contributed by atoms with Crippen LogP contribution in [0, 0.1) is 17.8 Å². The molecule has 0 bridgehead atoms. The second-order valence-electron chi connectivity index (χ2n) is 17.0. The van der Waals surface area contributed by atoms with Crippen LogP contribution in [0.3, 0.4) is 0 Å². The van der Waals surface area contributed by atoms with E-state index in [4.69, 9.17) is 9.47 Å². The van der Waals surface area contributed by atoms with E-state index in [-0.39, 0.29) is 31.2 Å². The number of rotatable bonds is 6. The third-order valence-corrected chi connectivity index (χ3v) is 14.5. The number of hydrogen-bond donors (Lipinski definition) is 3. The number of nitrogens with zero attached hydrogens (tertiary/aromatic N) is 4. The number of amides is 5. The van der Waals surface area contributed by atoms with Crippen molar-refractivity contribution in [3.63, 3.8) is 0 Å². The van der Waals surface area contributed by atoms with E-state index in [9.17, 15) is 32.4 Å². The lowest BCUT2D eigenvalue weighted by molar-refractivity contribution is -0.148. The van der Waals surface area contributed by atoms with Gasteiger partial charge in [-0.1, -0.05) is 26.0 Å². The number of nitrogens with one attached hydrogen (secondary N) is 3. The fourth-order valence-corrected chi connectivity index (χ4v) is 9.61. The van der Waals surface area contributed by atoms with Crippen molar-refractivity contribution in [1.82, 2.24) is 30.1 Å². The van der Waals surface area contributed by atoms with Crippen LogP contribution in [0.5, 0.6) is 11.6 Å². The molecule has 5 amide bonds. The predicted octanol–water partition coefficient (Wildman–Crippen LogP) is 1.87. The van der Waals surface area contributed by atoms with Crippen molar-refractivity contribution in [2.45, 2.75) is 94.2 Å². The Hall–Kier alpha value is -4.93. The number of allylic oxidation sites excluding steroid dienone is 1. The number of ether oxygens (including phenoxy) is 2. The molecule has 1 aromatic heterocycles. The number of sulfonamides is 1. The zero-order valence-corrected chi connectivity index (χ0v) is 34.2. The normalized spacial score (nSPS) is 30.2. The molecule has 7 atom stereocenters. The Morgan fingerprint density at radius 2 is 1.84 bits per heavy atom. The molecule has 57 heavy (non-hydrogen) atoms. The zero-order valence-electron chi connectivity index (χ0n) is 33.4. The molecule has 1 aromatic carbocycles. The van der Waals surface area contributed by atoms with Gasteiger partial charge in [-0.3, -0.25) is 28.7 Å². The molecule has 2 aliphatic carbocycles. The molecule has 0 radical (unpaired) electrons. The number of aromatic nitrogens is 1. The second kappa shape index (κ2) is 15.1. The second-order valence-corrected chi connectivity index (χ2v) is 19.2. The highest BCUT2D eigenvalue weighted by Gasteiger charge is 2.63. The molecule has 308 valence electrons. The maximum Gasteiger partial charge on any atom is 0.311 e. The van der Waals surface area contributed by atoms with Gasteiger partial charge in [-0.05, 0) is 75.5 Å².